The minimum absolute atomic E-state index is 0.413. The zero-order chi connectivity index (χ0) is 13.1. The molecule has 0 aliphatic carbocycles. The molecule has 94 valence electrons. The second kappa shape index (κ2) is 6.06. The van der Waals surface area contributed by atoms with Crippen LogP contribution in [0.3, 0.4) is 0 Å². The second-order valence-electron chi connectivity index (χ2n) is 3.63. The number of ether oxygens (including phenoxy) is 1. The van der Waals surface area contributed by atoms with Gasteiger partial charge in [0, 0.05) is 21.1 Å². The summed E-state index contributed by atoms with van der Waals surface area (Å²) in [6.45, 7) is 0.413. The summed E-state index contributed by atoms with van der Waals surface area (Å²) in [6.07, 6.45) is 0. The Kier molecular flexibility index (Phi) is 4.67. The van der Waals surface area contributed by atoms with E-state index >= 15 is 0 Å². The third-order valence-electron chi connectivity index (χ3n) is 2.36. The number of halogens is 3. The normalized spacial score (nSPS) is 10.4. The molecule has 0 atom stereocenters. The van der Waals surface area contributed by atoms with E-state index in [-0.39, 0.29) is 0 Å². The van der Waals surface area contributed by atoms with Crippen molar-refractivity contribution in [1.82, 2.24) is 0 Å². The van der Waals surface area contributed by atoms with Crippen LogP contribution in [-0.2, 0) is 6.54 Å². The molecule has 0 heterocycles. The van der Waals surface area contributed by atoms with Crippen LogP contribution >= 0.6 is 43.5 Å². The quantitative estimate of drug-likeness (QED) is 0.789. The van der Waals surface area contributed by atoms with Crippen molar-refractivity contribution < 1.29 is 4.74 Å². The van der Waals surface area contributed by atoms with Crippen molar-refractivity contribution in [1.29, 1.82) is 0 Å². The van der Waals surface area contributed by atoms with Crippen molar-refractivity contribution in [3.63, 3.8) is 0 Å². The van der Waals surface area contributed by atoms with Gasteiger partial charge in [0.2, 0.25) is 0 Å². The van der Waals surface area contributed by atoms with Gasteiger partial charge in [-0.3, -0.25) is 0 Å². The average Bonchev–Trinajstić information content (AvgIpc) is 2.33. The van der Waals surface area contributed by atoms with E-state index in [2.05, 4.69) is 31.9 Å². The van der Waals surface area contributed by atoms with Gasteiger partial charge in [-0.1, -0.05) is 49.5 Å². The predicted octanol–water partition coefficient (Wildman–Crippen LogP) is 5.12. The highest BCUT2D eigenvalue weighted by Gasteiger charge is 2.08. The molecule has 0 fully saturated rings. The van der Waals surface area contributed by atoms with Crippen LogP contribution in [0.15, 0.2) is 45.3 Å². The molecule has 5 heteroatoms. The summed E-state index contributed by atoms with van der Waals surface area (Å²) < 4.78 is 7.65. The van der Waals surface area contributed by atoms with Crippen LogP contribution in [0.4, 0.5) is 0 Å². The average molecular weight is 391 g/mol. The fraction of sp³-hybridized carbons (Fsp3) is 0.0769. The van der Waals surface area contributed by atoms with Crippen molar-refractivity contribution >= 4 is 43.5 Å². The lowest BCUT2D eigenvalue weighted by molar-refractivity contribution is 0.476. The summed E-state index contributed by atoms with van der Waals surface area (Å²) in [5, 5.41) is 0.548. The minimum Gasteiger partial charge on any atom is -0.455 e. The summed E-state index contributed by atoms with van der Waals surface area (Å²) in [6, 6.07) is 11.2. The van der Waals surface area contributed by atoms with Crippen LogP contribution in [0.5, 0.6) is 11.5 Å². The van der Waals surface area contributed by atoms with Crippen LogP contribution in [-0.4, -0.2) is 0 Å². The van der Waals surface area contributed by atoms with E-state index in [9.17, 15) is 0 Å². The molecule has 0 radical (unpaired) electrons. The summed E-state index contributed by atoms with van der Waals surface area (Å²) in [7, 11) is 0. The molecule has 0 unspecified atom stereocenters. The highest BCUT2D eigenvalue weighted by Crippen LogP contribution is 2.34. The molecule has 2 aromatic rings. The van der Waals surface area contributed by atoms with Crippen LogP contribution in [0.25, 0.3) is 0 Å². The van der Waals surface area contributed by atoms with Crippen LogP contribution in [0, 0.1) is 0 Å². The Hall–Kier alpha value is -0.550. The monoisotopic (exact) mass is 389 g/mol. The molecule has 0 spiro atoms. The second-order valence-corrected chi connectivity index (χ2v) is 5.87. The van der Waals surface area contributed by atoms with Gasteiger partial charge in [-0.25, -0.2) is 0 Å². The van der Waals surface area contributed by atoms with Crippen molar-refractivity contribution in [3.8, 4) is 11.5 Å². The maximum atomic E-state index is 6.12. The first-order valence-corrected chi connectivity index (χ1v) is 7.18. The molecule has 0 saturated carbocycles. The van der Waals surface area contributed by atoms with E-state index in [4.69, 9.17) is 22.1 Å². The van der Waals surface area contributed by atoms with E-state index in [1.54, 1.807) is 6.07 Å². The Morgan fingerprint density at radius 2 is 1.67 bits per heavy atom. The number of hydrogen-bond acceptors (Lipinski definition) is 2. The first-order chi connectivity index (χ1) is 8.60. The highest BCUT2D eigenvalue weighted by molar-refractivity contribution is 9.10. The van der Waals surface area contributed by atoms with Gasteiger partial charge in [-0.2, -0.15) is 0 Å². The largest absolute Gasteiger partial charge is 0.455 e. The van der Waals surface area contributed by atoms with Gasteiger partial charge >= 0.3 is 0 Å². The zero-order valence-corrected chi connectivity index (χ0v) is 13.2. The third-order valence-corrected chi connectivity index (χ3v) is 3.64. The fourth-order valence-corrected chi connectivity index (χ4v) is 2.52. The standard InChI is InChI=1S/C13H10Br2ClNO/c14-9-3-4-12(11(16)5-9)18-13-6-10(15)2-1-8(13)7-17/h1-6H,7,17H2. The lowest BCUT2D eigenvalue weighted by Gasteiger charge is -2.11. The van der Waals surface area contributed by atoms with Crippen LogP contribution in [0.1, 0.15) is 5.56 Å². The molecule has 2 nitrogen and oxygen atoms in total. The van der Waals surface area contributed by atoms with E-state index in [0.717, 1.165) is 14.5 Å². The SMILES string of the molecule is NCc1ccc(Br)cc1Oc1ccc(Br)cc1Cl. The van der Waals surface area contributed by atoms with Crippen molar-refractivity contribution in [2.24, 2.45) is 5.73 Å². The summed E-state index contributed by atoms with van der Waals surface area (Å²) in [4.78, 5) is 0. The summed E-state index contributed by atoms with van der Waals surface area (Å²) in [5.74, 6) is 1.31. The van der Waals surface area contributed by atoms with Gasteiger partial charge in [-0.15, -0.1) is 0 Å². The van der Waals surface area contributed by atoms with Crippen molar-refractivity contribution in [2.75, 3.05) is 0 Å². The van der Waals surface area contributed by atoms with E-state index in [1.165, 1.54) is 0 Å². The molecule has 0 bridgehead atoms. The van der Waals surface area contributed by atoms with Crippen LogP contribution in [0.2, 0.25) is 5.02 Å². The number of rotatable bonds is 3. The first-order valence-electron chi connectivity index (χ1n) is 5.21. The molecule has 0 saturated heterocycles. The number of nitrogens with two attached hydrogens (primary N) is 1. The van der Waals surface area contributed by atoms with E-state index in [1.807, 2.05) is 30.3 Å². The lowest BCUT2D eigenvalue weighted by atomic mass is 10.2. The predicted molar refractivity (Wildman–Crippen MR) is 81.3 cm³/mol. The maximum absolute atomic E-state index is 6.12. The van der Waals surface area contributed by atoms with Gasteiger partial charge in [0.15, 0.2) is 0 Å². The summed E-state index contributed by atoms with van der Waals surface area (Å²) >= 11 is 12.9. The molecule has 0 aromatic heterocycles. The lowest BCUT2D eigenvalue weighted by Crippen LogP contribution is -1.99. The molecule has 18 heavy (non-hydrogen) atoms. The van der Waals surface area contributed by atoms with Gasteiger partial charge in [0.05, 0.1) is 5.02 Å². The van der Waals surface area contributed by atoms with E-state index in [0.29, 0.717) is 23.1 Å². The van der Waals surface area contributed by atoms with Crippen molar-refractivity contribution in [3.05, 3.63) is 55.9 Å². The molecule has 2 N–H and O–H groups in total. The van der Waals surface area contributed by atoms with Gasteiger partial charge < -0.3 is 10.5 Å². The topological polar surface area (TPSA) is 35.2 Å². The Labute approximate surface area is 127 Å². The number of benzene rings is 2. The molecule has 2 aromatic carbocycles. The maximum Gasteiger partial charge on any atom is 0.146 e. The Balaban J connectivity index is 2.36. The molecule has 2 rings (SSSR count). The third kappa shape index (κ3) is 3.26. The molecular weight excluding hydrogens is 381 g/mol. The minimum atomic E-state index is 0.413. The van der Waals surface area contributed by atoms with Gasteiger partial charge in [0.25, 0.3) is 0 Å². The van der Waals surface area contributed by atoms with Crippen molar-refractivity contribution in [2.45, 2.75) is 6.54 Å². The highest BCUT2D eigenvalue weighted by atomic mass is 79.9. The summed E-state index contributed by atoms with van der Waals surface area (Å²) in [5.41, 5.74) is 6.61. The molecule has 0 aliphatic rings. The van der Waals surface area contributed by atoms with Gasteiger partial charge in [0.1, 0.15) is 11.5 Å². The molecule has 0 aliphatic heterocycles. The Morgan fingerprint density at radius 3 is 2.33 bits per heavy atom. The first kappa shape index (κ1) is 13.9. The smallest absolute Gasteiger partial charge is 0.146 e. The number of hydrogen-bond donors (Lipinski definition) is 1. The Morgan fingerprint density at radius 1 is 1.00 bits per heavy atom. The van der Waals surface area contributed by atoms with E-state index < -0.39 is 0 Å². The molecular formula is C13H10Br2ClNO. The van der Waals surface area contributed by atoms with Crippen LogP contribution < -0.4 is 10.5 Å². The fourth-order valence-electron chi connectivity index (χ4n) is 1.47. The zero-order valence-electron chi connectivity index (χ0n) is 9.29. The Bertz CT molecular complexity index is 575. The van der Waals surface area contributed by atoms with Gasteiger partial charge in [-0.05, 0) is 30.3 Å². The molecule has 0 amide bonds.